The number of benzene rings is 2. The van der Waals surface area contributed by atoms with Gasteiger partial charge in [0.1, 0.15) is 11.5 Å². The molecule has 0 fully saturated rings. The Labute approximate surface area is 144 Å². The van der Waals surface area contributed by atoms with Crippen molar-refractivity contribution in [1.82, 2.24) is 0 Å². The average molecular weight is 368 g/mol. The number of hydrogen-bond donors (Lipinski definition) is 1. The zero-order valence-electron chi connectivity index (χ0n) is 11.7. The molecule has 0 aliphatic rings. The first-order valence-corrected chi connectivity index (χ1v) is 7.43. The normalized spacial score (nSPS) is 9.86. The number of phenolic OH excluding ortho intramolecular Hbond substituents is 1. The minimum atomic E-state index is 0.0640. The van der Waals surface area contributed by atoms with Crippen LogP contribution in [0.1, 0.15) is 11.1 Å². The van der Waals surface area contributed by atoms with Crippen LogP contribution in [-0.2, 0) is 0 Å². The van der Waals surface area contributed by atoms with E-state index < -0.39 is 0 Å². The molecule has 0 saturated heterocycles. The van der Waals surface area contributed by atoms with Gasteiger partial charge in [0.05, 0.1) is 17.2 Å². The minimum Gasteiger partial charge on any atom is -0.506 e. The van der Waals surface area contributed by atoms with Crippen LogP contribution in [0.3, 0.4) is 0 Å². The molecular weight excluding hydrogens is 354 g/mol. The summed E-state index contributed by atoms with van der Waals surface area (Å²) in [5.41, 5.74) is 1.50. The topological polar surface area (TPSA) is 29.5 Å². The van der Waals surface area contributed by atoms with Gasteiger partial charge in [0.15, 0.2) is 0 Å². The number of aromatic hydroxyl groups is 1. The maximum absolute atomic E-state index is 9.17. The van der Waals surface area contributed by atoms with Crippen molar-refractivity contribution in [1.29, 1.82) is 0 Å². The van der Waals surface area contributed by atoms with Gasteiger partial charge in [0.2, 0.25) is 0 Å². The van der Waals surface area contributed by atoms with Crippen molar-refractivity contribution in [2.45, 2.75) is 13.8 Å². The van der Waals surface area contributed by atoms with E-state index in [-0.39, 0.29) is 5.75 Å². The molecule has 1 N–H and O–H groups in total. The molecule has 114 valence electrons. The molecule has 0 bridgehead atoms. The summed E-state index contributed by atoms with van der Waals surface area (Å²) in [6.07, 6.45) is 0. The van der Waals surface area contributed by atoms with E-state index in [1.54, 1.807) is 38.3 Å². The zero-order chi connectivity index (χ0) is 16.2. The van der Waals surface area contributed by atoms with E-state index in [2.05, 4.69) is 0 Å². The number of halogens is 4. The van der Waals surface area contributed by atoms with Crippen molar-refractivity contribution in [2.24, 2.45) is 0 Å². The summed E-state index contributed by atoms with van der Waals surface area (Å²) in [6.45, 7) is 3.58. The Morgan fingerprint density at radius 3 is 1.62 bits per heavy atom. The van der Waals surface area contributed by atoms with Crippen molar-refractivity contribution >= 4 is 46.4 Å². The Hall–Kier alpha value is -0.800. The van der Waals surface area contributed by atoms with Crippen LogP contribution < -0.4 is 4.74 Å². The lowest BCUT2D eigenvalue weighted by Crippen LogP contribution is -1.88. The summed E-state index contributed by atoms with van der Waals surface area (Å²) in [6, 6.07) is 6.68. The quantitative estimate of drug-likeness (QED) is 0.639. The number of rotatable bonds is 1. The van der Waals surface area contributed by atoms with Gasteiger partial charge >= 0.3 is 0 Å². The van der Waals surface area contributed by atoms with Gasteiger partial charge in [0, 0.05) is 21.2 Å². The minimum absolute atomic E-state index is 0.0640. The summed E-state index contributed by atoms with van der Waals surface area (Å²) in [5.74, 6) is 0.716. The second-order valence-electron chi connectivity index (χ2n) is 4.19. The van der Waals surface area contributed by atoms with Gasteiger partial charge < -0.3 is 9.84 Å². The van der Waals surface area contributed by atoms with Crippen LogP contribution >= 0.6 is 46.4 Å². The van der Waals surface area contributed by atoms with Crippen LogP contribution in [-0.4, -0.2) is 12.2 Å². The summed E-state index contributed by atoms with van der Waals surface area (Å²) in [5, 5.41) is 11.3. The fourth-order valence-electron chi connectivity index (χ4n) is 1.53. The summed E-state index contributed by atoms with van der Waals surface area (Å²) < 4.78 is 5.04. The number of hydrogen-bond acceptors (Lipinski definition) is 2. The van der Waals surface area contributed by atoms with E-state index in [0.717, 1.165) is 5.56 Å². The van der Waals surface area contributed by atoms with Crippen LogP contribution in [0, 0.1) is 13.8 Å². The Balaban J connectivity index is 0.000000211. The molecule has 2 nitrogen and oxygen atoms in total. The van der Waals surface area contributed by atoms with Crippen LogP contribution in [0.2, 0.25) is 20.1 Å². The zero-order valence-corrected chi connectivity index (χ0v) is 14.7. The molecule has 2 rings (SSSR count). The highest BCUT2D eigenvalue weighted by Crippen LogP contribution is 2.32. The van der Waals surface area contributed by atoms with Crippen molar-refractivity contribution in [3.05, 3.63) is 55.5 Å². The van der Waals surface area contributed by atoms with E-state index in [1.165, 1.54) is 0 Å². The highest BCUT2D eigenvalue weighted by Gasteiger charge is 2.06. The van der Waals surface area contributed by atoms with E-state index in [0.29, 0.717) is 31.4 Å². The Kier molecular flexibility index (Phi) is 6.95. The van der Waals surface area contributed by atoms with Crippen molar-refractivity contribution in [2.75, 3.05) is 7.11 Å². The third-order valence-electron chi connectivity index (χ3n) is 2.81. The maximum atomic E-state index is 9.17. The third-order valence-corrected chi connectivity index (χ3v) is 4.23. The van der Waals surface area contributed by atoms with Gasteiger partial charge in [-0.05, 0) is 38.1 Å². The molecule has 2 aromatic rings. The molecule has 0 heterocycles. The molecular formula is C15H14Cl4O2. The molecule has 0 atom stereocenters. The van der Waals surface area contributed by atoms with Crippen LogP contribution in [0.15, 0.2) is 24.3 Å². The Morgan fingerprint density at radius 2 is 1.19 bits per heavy atom. The smallest absolute Gasteiger partial charge is 0.141 e. The van der Waals surface area contributed by atoms with Crippen molar-refractivity contribution in [3.63, 3.8) is 0 Å². The van der Waals surface area contributed by atoms with Gasteiger partial charge in [-0.3, -0.25) is 0 Å². The molecule has 0 aliphatic heterocycles. The SMILES string of the molecule is COc1c(Cl)ccc(Cl)c1C.Cc1c(Cl)ccc(Cl)c1O. The van der Waals surface area contributed by atoms with E-state index in [1.807, 2.05) is 6.92 Å². The molecule has 2 aromatic carbocycles. The van der Waals surface area contributed by atoms with E-state index >= 15 is 0 Å². The maximum Gasteiger partial charge on any atom is 0.141 e. The number of methoxy groups -OCH3 is 1. The van der Waals surface area contributed by atoms with E-state index in [4.69, 9.17) is 51.1 Å². The number of phenols is 1. The molecule has 0 unspecified atom stereocenters. The standard InChI is InChI=1S/C8H8Cl2O.C7H6Cl2O/c1-5-6(9)3-4-7(10)8(5)11-2;1-4-5(8)2-3-6(9)7(4)10/h3-4H,1-2H3;2-3,10H,1H3. The predicted molar refractivity (Wildman–Crippen MR) is 90.6 cm³/mol. The summed E-state index contributed by atoms with van der Waals surface area (Å²) in [4.78, 5) is 0. The molecule has 0 spiro atoms. The molecule has 21 heavy (non-hydrogen) atoms. The summed E-state index contributed by atoms with van der Waals surface area (Å²) in [7, 11) is 1.57. The second kappa shape index (κ2) is 8.00. The van der Waals surface area contributed by atoms with Gasteiger partial charge in [-0.1, -0.05) is 46.4 Å². The fraction of sp³-hybridized carbons (Fsp3) is 0.200. The average Bonchev–Trinajstić information content (AvgIpc) is 2.46. The lowest BCUT2D eigenvalue weighted by Gasteiger charge is -2.07. The monoisotopic (exact) mass is 366 g/mol. The van der Waals surface area contributed by atoms with Crippen LogP contribution in [0.25, 0.3) is 0 Å². The van der Waals surface area contributed by atoms with Crippen molar-refractivity contribution in [3.8, 4) is 11.5 Å². The fourth-order valence-corrected chi connectivity index (χ4v) is 2.32. The van der Waals surface area contributed by atoms with Gasteiger partial charge in [-0.2, -0.15) is 0 Å². The first-order valence-electron chi connectivity index (χ1n) is 5.91. The second-order valence-corrected chi connectivity index (χ2v) is 5.82. The lowest BCUT2D eigenvalue weighted by molar-refractivity contribution is 0.412. The number of ether oxygens (including phenoxy) is 1. The first-order chi connectivity index (χ1) is 9.79. The predicted octanol–water partition coefficient (Wildman–Crippen LogP) is 6.32. The third kappa shape index (κ3) is 4.58. The van der Waals surface area contributed by atoms with Crippen LogP contribution in [0.5, 0.6) is 11.5 Å². The Bertz CT molecular complexity index is 615. The largest absolute Gasteiger partial charge is 0.506 e. The summed E-state index contributed by atoms with van der Waals surface area (Å²) >= 11 is 22.9. The molecule has 0 aromatic heterocycles. The van der Waals surface area contributed by atoms with Crippen molar-refractivity contribution < 1.29 is 9.84 Å². The van der Waals surface area contributed by atoms with Gasteiger partial charge in [-0.15, -0.1) is 0 Å². The lowest BCUT2D eigenvalue weighted by atomic mass is 10.2. The van der Waals surface area contributed by atoms with E-state index in [9.17, 15) is 5.11 Å². The molecule has 6 heteroatoms. The van der Waals surface area contributed by atoms with Gasteiger partial charge in [-0.25, -0.2) is 0 Å². The first kappa shape index (κ1) is 18.2. The molecule has 0 radical (unpaired) electrons. The molecule has 0 aliphatic carbocycles. The highest BCUT2D eigenvalue weighted by atomic mass is 35.5. The molecule has 0 saturated carbocycles. The Morgan fingerprint density at radius 1 is 0.762 bits per heavy atom. The van der Waals surface area contributed by atoms with Gasteiger partial charge in [0.25, 0.3) is 0 Å². The molecule has 0 amide bonds. The highest BCUT2D eigenvalue weighted by molar-refractivity contribution is 6.35. The van der Waals surface area contributed by atoms with Crippen LogP contribution in [0.4, 0.5) is 0 Å².